The van der Waals surface area contributed by atoms with Crippen LogP contribution in [0.4, 0.5) is 4.79 Å². The summed E-state index contributed by atoms with van der Waals surface area (Å²) in [6.07, 6.45) is -0.389. The molecule has 4 rings (SSSR count). The van der Waals surface area contributed by atoms with Crippen LogP contribution in [0.25, 0.3) is 11.1 Å². The maximum atomic E-state index is 12.9. The first-order valence-corrected chi connectivity index (χ1v) is 10.7. The molecule has 2 aliphatic rings. The molecule has 1 fully saturated rings. The number of fused-ring (bicyclic) bond motifs is 3. The van der Waals surface area contributed by atoms with Crippen molar-refractivity contribution in [2.24, 2.45) is 0 Å². The van der Waals surface area contributed by atoms with Gasteiger partial charge in [-0.15, -0.1) is 0 Å². The van der Waals surface area contributed by atoms with E-state index in [9.17, 15) is 19.5 Å². The van der Waals surface area contributed by atoms with Gasteiger partial charge in [-0.2, -0.15) is 0 Å². The molecule has 8 nitrogen and oxygen atoms in total. The highest BCUT2D eigenvalue weighted by molar-refractivity contribution is 5.89. The van der Waals surface area contributed by atoms with Gasteiger partial charge in [0.2, 0.25) is 5.91 Å². The second kappa shape index (κ2) is 9.40. The molecule has 0 spiro atoms. The maximum Gasteiger partial charge on any atom is 0.407 e. The Morgan fingerprint density at radius 1 is 1.12 bits per heavy atom. The van der Waals surface area contributed by atoms with Gasteiger partial charge in [0.15, 0.2) is 6.04 Å². The molecule has 2 amide bonds. The van der Waals surface area contributed by atoms with Crippen LogP contribution < -0.4 is 5.32 Å². The Bertz CT molecular complexity index is 978. The fourth-order valence-corrected chi connectivity index (χ4v) is 4.39. The summed E-state index contributed by atoms with van der Waals surface area (Å²) in [5.41, 5.74) is 4.46. The first-order chi connectivity index (χ1) is 15.5. The van der Waals surface area contributed by atoms with E-state index in [0.717, 1.165) is 22.3 Å². The molecule has 0 aromatic heterocycles. The van der Waals surface area contributed by atoms with Gasteiger partial charge in [0.25, 0.3) is 0 Å². The minimum Gasteiger partial charge on any atom is -0.480 e. The SMILES string of the molecule is CC[C@@H](NC(=O)OCC1c2ccccc2-c2ccccc21)C(=O)N1CCOCC1C(=O)O. The van der Waals surface area contributed by atoms with Crippen LogP contribution in [0.3, 0.4) is 0 Å². The number of morpholine rings is 1. The Morgan fingerprint density at radius 2 is 1.75 bits per heavy atom. The van der Waals surface area contributed by atoms with Crippen molar-refractivity contribution in [2.45, 2.75) is 31.3 Å². The number of benzene rings is 2. The lowest BCUT2D eigenvalue weighted by Gasteiger charge is -2.35. The van der Waals surface area contributed by atoms with Crippen LogP contribution in [0.2, 0.25) is 0 Å². The van der Waals surface area contributed by atoms with Crippen LogP contribution in [0.5, 0.6) is 0 Å². The van der Waals surface area contributed by atoms with Crippen molar-refractivity contribution < 1.29 is 29.0 Å². The van der Waals surface area contributed by atoms with Crippen LogP contribution in [0.1, 0.15) is 30.4 Å². The molecule has 168 valence electrons. The number of carbonyl (C=O) groups is 3. The molecule has 2 aromatic rings. The second-order valence-electron chi connectivity index (χ2n) is 7.89. The standard InChI is InChI=1S/C24H26N2O6/c1-2-20(22(27)26-11-12-31-14-21(26)23(28)29)25-24(30)32-13-19-17-9-5-3-7-15(17)16-8-4-6-10-18(16)19/h3-10,19-21H,2,11-14H2,1H3,(H,25,30)(H,28,29)/t20-,21?/m1/s1. The van der Waals surface area contributed by atoms with Crippen molar-refractivity contribution in [3.63, 3.8) is 0 Å². The van der Waals surface area contributed by atoms with Gasteiger partial charge in [0, 0.05) is 12.5 Å². The summed E-state index contributed by atoms with van der Waals surface area (Å²) in [6.45, 7) is 2.25. The zero-order chi connectivity index (χ0) is 22.7. The molecule has 2 atom stereocenters. The van der Waals surface area contributed by atoms with Gasteiger partial charge >= 0.3 is 12.1 Å². The van der Waals surface area contributed by atoms with E-state index in [1.54, 1.807) is 6.92 Å². The fraction of sp³-hybridized carbons (Fsp3) is 0.375. The maximum absolute atomic E-state index is 12.9. The highest BCUT2D eigenvalue weighted by Crippen LogP contribution is 2.44. The van der Waals surface area contributed by atoms with Crippen molar-refractivity contribution in [1.29, 1.82) is 0 Å². The Hall–Kier alpha value is -3.39. The normalized spacial score (nSPS) is 18.4. The number of carboxylic acid groups (broad SMARTS) is 1. The van der Waals surface area contributed by atoms with Crippen LogP contribution in [-0.4, -0.2) is 66.4 Å². The second-order valence-corrected chi connectivity index (χ2v) is 7.89. The van der Waals surface area contributed by atoms with E-state index in [1.165, 1.54) is 4.90 Å². The lowest BCUT2D eigenvalue weighted by atomic mass is 9.98. The molecule has 2 N–H and O–H groups in total. The molecule has 32 heavy (non-hydrogen) atoms. The molecule has 2 aromatic carbocycles. The zero-order valence-electron chi connectivity index (χ0n) is 17.8. The smallest absolute Gasteiger partial charge is 0.407 e. The minimum absolute atomic E-state index is 0.0670. The first kappa shape index (κ1) is 21.8. The Labute approximate surface area is 186 Å². The van der Waals surface area contributed by atoms with Gasteiger partial charge in [-0.25, -0.2) is 9.59 Å². The van der Waals surface area contributed by atoms with Gasteiger partial charge in [0.05, 0.1) is 13.2 Å². The van der Waals surface area contributed by atoms with E-state index in [2.05, 4.69) is 17.4 Å². The summed E-state index contributed by atoms with van der Waals surface area (Å²) in [6, 6.07) is 14.1. The van der Waals surface area contributed by atoms with Gasteiger partial charge in [-0.3, -0.25) is 4.79 Å². The van der Waals surface area contributed by atoms with Crippen molar-refractivity contribution in [3.05, 3.63) is 59.7 Å². The molecule has 8 heteroatoms. The molecular weight excluding hydrogens is 412 g/mol. The minimum atomic E-state index is -1.13. The number of hydrogen-bond acceptors (Lipinski definition) is 5. The molecule has 0 radical (unpaired) electrons. The van der Waals surface area contributed by atoms with E-state index in [4.69, 9.17) is 9.47 Å². The van der Waals surface area contributed by atoms with Gasteiger partial charge < -0.3 is 24.8 Å². The first-order valence-electron chi connectivity index (χ1n) is 10.7. The van der Waals surface area contributed by atoms with Crippen LogP contribution >= 0.6 is 0 Å². The molecule has 0 bridgehead atoms. The van der Waals surface area contributed by atoms with E-state index in [1.807, 2.05) is 36.4 Å². The number of amides is 2. The number of rotatable bonds is 6. The van der Waals surface area contributed by atoms with E-state index >= 15 is 0 Å². The summed E-state index contributed by atoms with van der Waals surface area (Å²) in [4.78, 5) is 38.2. The Balaban J connectivity index is 1.41. The predicted molar refractivity (Wildman–Crippen MR) is 116 cm³/mol. The third-order valence-electron chi connectivity index (χ3n) is 6.04. The van der Waals surface area contributed by atoms with Crippen molar-refractivity contribution in [2.75, 3.05) is 26.4 Å². The van der Waals surface area contributed by atoms with Crippen molar-refractivity contribution in [3.8, 4) is 11.1 Å². The summed E-state index contributed by atoms with van der Waals surface area (Å²) in [5, 5.41) is 12.0. The van der Waals surface area contributed by atoms with Gasteiger partial charge in [0.1, 0.15) is 12.6 Å². The quantitative estimate of drug-likeness (QED) is 0.718. The highest BCUT2D eigenvalue weighted by atomic mass is 16.5. The summed E-state index contributed by atoms with van der Waals surface area (Å²) in [7, 11) is 0. The van der Waals surface area contributed by atoms with Crippen LogP contribution in [0, 0.1) is 0 Å². The van der Waals surface area contributed by atoms with E-state index in [-0.39, 0.29) is 32.3 Å². The number of alkyl carbamates (subject to hydrolysis) is 1. The monoisotopic (exact) mass is 438 g/mol. The lowest BCUT2D eigenvalue weighted by Crippen LogP contribution is -2.58. The average molecular weight is 438 g/mol. The molecule has 1 aliphatic carbocycles. The van der Waals surface area contributed by atoms with Crippen molar-refractivity contribution >= 4 is 18.0 Å². The van der Waals surface area contributed by atoms with E-state index in [0.29, 0.717) is 6.42 Å². The number of carboxylic acids is 1. The molecule has 1 heterocycles. The molecule has 0 saturated carbocycles. The number of nitrogens with one attached hydrogen (secondary N) is 1. The number of nitrogens with zero attached hydrogens (tertiary/aromatic N) is 1. The highest BCUT2D eigenvalue weighted by Gasteiger charge is 2.36. The summed E-state index contributed by atoms with van der Waals surface area (Å²) < 4.78 is 10.7. The summed E-state index contributed by atoms with van der Waals surface area (Å²) >= 11 is 0. The third kappa shape index (κ3) is 4.18. The van der Waals surface area contributed by atoms with Crippen LogP contribution in [0.15, 0.2) is 48.5 Å². The lowest BCUT2D eigenvalue weighted by molar-refractivity contribution is -0.159. The number of hydrogen-bond donors (Lipinski definition) is 2. The van der Waals surface area contributed by atoms with Gasteiger partial charge in [-0.05, 0) is 28.7 Å². The topological polar surface area (TPSA) is 105 Å². The fourth-order valence-electron chi connectivity index (χ4n) is 4.39. The van der Waals surface area contributed by atoms with Crippen LogP contribution in [-0.2, 0) is 19.1 Å². The average Bonchev–Trinajstić information content (AvgIpc) is 3.14. The van der Waals surface area contributed by atoms with E-state index < -0.39 is 30.1 Å². The predicted octanol–water partition coefficient (Wildman–Crippen LogP) is 2.62. The zero-order valence-corrected chi connectivity index (χ0v) is 17.8. The Morgan fingerprint density at radius 3 is 2.34 bits per heavy atom. The Kier molecular flexibility index (Phi) is 6.41. The number of ether oxygens (including phenoxy) is 2. The molecular formula is C24H26N2O6. The molecule has 1 saturated heterocycles. The molecule has 1 unspecified atom stereocenters. The molecule has 1 aliphatic heterocycles. The number of aliphatic carboxylic acids is 1. The summed E-state index contributed by atoms with van der Waals surface area (Å²) in [5.74, 6) is -1.66. The largest absolute Gasteiger partial charge is 0.480 e. The van der Waals surface area contributed by atoms with Gasteiger partial charge in [-0.1, -0.05) is 55.5 Å². The number of carbonyl (C=O) groups excluding carboxylic acids is 2. The van der Waals surface area contributed by atoms with Crippen molar-refractivity contribution in [1.82, 2.24) is 10.2 Å². The third-order valence-corrected chi connectivity index (χ3v) is 6.04.